The lowest BCUT2D eigenvalue weighted by Gasteiger charge is -2.46. The van der Waals surface area contributed by atoms with Gasteiger partial charge in [0.05, 0.1) is 0 Å². The molecule has 128 valence electrons. The van der Waals surface area contributed by atoms with E-state index in [-0.39, 0.29) is 23.0 Å². The van der Waals surface area contributed by atoms with E-state index in [1.807, 2.05) is 18.2 Å². The van der Waals surface area contributed by atoms with Crippen LogP contribution in [0.25, 0.3) is 0 Å². The van der Waals surface area contributed by atoms with Gasteiger partial charge in [-0.3, -0.25) is 4.79 Å². The highest BCUT2D eigenvalue weighted by molar-refractivity contribution is 5.76. The van der Waals surface area contributed by atoms with Gasteiger partial charge >= 0.3 is 0 Å². The molecule has 0 bridgehead atoms. The average molecular weight is 318 g/mol. The van der Waals surface area contributed by atoms with E-state index < -0.39 is 0 Å². The Morgan fingerprint density at radius 1 is 1.09 bits per heavy atom. The van der Waals surface area contributed by atoms with E-state index in [4.69, 9.17) is 0 Å². The first-order valence-corrected chi connectivity index (χ1v) is 8.79. The second-order valence-corrected chi connectivity index (χ2v) is 8.14. The highest BCUT2D eigenvalue weighted by Gasteiger charge is 2.37. The molecule has 1 saturated heterocycles. The van der Waals surface area contributed by atoms with Gasteiger partial charge in [0, 0.05) is 42.1 Å². The van der Waals surface area contributed by atoms with Crippen LogP contribution in [0.5, 0.6) is 0 Å². The Morgan fingerprint density at radius 3 is 2.30 bits per heavy atom. The molecule has 1 fully saturated rings. The standard InChI is InChI=1S/C19H31N3O/c1-18(2)14-16(15-19(3,4)21-18)20-17(23)10-6-9-13-22-11-7-5-8-12-22/h5,7-8,11-12,16,21H,6,9-10,13-15H2,1-4H3/p+1. The summed E-state index contributed by atoms with van der Waals surface area (Å²) in [6, 6.07) is 6.37. The van der Waals surface area contributed by atoms with Crippen molar-refractivity contribution in [3.63, 3.8) is 0 Å². The van der Waals surface area contributed by atoms with E-state index >= 15 is 0 Å². The van der Waals surface area contributed by atoms with E-state index in [1.165, 1.54) is 0 Å². The molecule has 4 heteroatoms. The number of unbranched alkanes of at least 4 members (excludes halogenated alkanes) is 1. The first kappa shape index (κ1) is 17.9. The molecule has 2 rings (SSSR count). The predicted octanol–water partition coefficient (Wildman–Crippen LogP) is 2.57. The zero-order valence-corrected chi connectivity index (χ0v) is 15.1. The molecule has 0 aliphatic carbocycles. The Labute approximate surface area is 140 Å². The third kappa shape index (κ3) is 6.30. The Bertz CT molecular complexity index is 495. The summed E-state index contributed by atoms with van der Waals surface area (Å²) in [7, 11) is 0. The van der Waals surface area contributed by atoms with Crippen LogP contribution in [0.1, 0.15) is 59.8 Å². The lowest BCUT2D eigenvalue weighted by atomic mass is 9.79. The van der Waals surface area contributed by atoms with E-state index in [1.54, 1.807) is 0 Å². The van der Waals surface area contributed by atoms with Crippen molar-refractivity contribution >= 4 is 5.91 Å². The Balaban J connectivity index is 1.70. The van der Waals surface area contributed by atoms with Crippen LogP contribution in [0.2, 0.25) is 0 Å². The summed E-state index contributed by atoms with van der Waals surface area (Å²) in [5.74, 6) is 0.196. The van der Waals surface area contributed by atoms with Crippen molar-refractivity contribution in [2.24, 2.45) is 0 Å². The van der Waals surface area contributed by atoms with E-state index in [9.17, 15) is 4.79 Å². The molecular weight excluding hydrogens is 286 g/mol. The molecule has 2 N–H and O–H groups in total. The summed E-state index contributed by atoms with van der Waals surface area (Å²) in [6.45, 7) is 9.82. The normalized spacial score (nSPS) is 20.2. The van der Waals surface area contributed by atoms with Gasteiger partial charge in [-0.15, -0.1) is 0 Å². The van der Waals surface area contributed by atoms with Crippen molar-refractivity contribution in [3.8, 4) is 0 Å². The summed E-state index contributed by atoms with van der Waals surface area (Å²) in [4.78, 5) is 12.2. The van der Waals surface area contributed by atoms with Crippen LogP contribution < -0.4 is 15.2 Å². The summed E-state index contributed by atoms with van der Waals surface area (Å²) in [5, 5.41) is 6.89. The topological polar surface area (TPSA) is 45.0 Å². The smallest absolute Gasteiger partial charge is 0.220 e. The summed E-state index contributed by atoms with van der Waals surface area (Å²) in [6.07, 6.45) is 8.71. The van der Waals surface area contributed by atoms with Gasteiger partial charge in [-0.1, -0.05) is 6.07 Å². The zero-order valence-electron chi connectivity index (χ0n) is 15.1. The van der Waals surface area contributed by atoms with E-state index in [2.05, 4.69) is 55.3 Å². The van der Waals surface area contributed by atoms with Crippen molar-refractivity contribution in [3.05, 3.63) is 30.6 Å². The number of hydrogen-bond donors (Lipinski definition) is 2. The van der Waals surface area contributed by atoms with Crippen LogP contribution in [0.15, 0.2) is 30.6 Å². The number of carbonyl (C=O) groups excluding carboxylic acids is 1. The van der Waals surface area contributed by atoms with Crippen molar-refractivity contribution in [1.29, 1.82) is 0 Å². The second-order valence-electron chi connectivity index (χ2n) is 8.14. The number of nitrogens with zero attached hydrogens (tertiary/aromatic N) is 1. The van der Waals surface area contributed by atoms with Gasteiger partial charge < -0.3 is 10.6 Å². The number of piperidine rings is 1. The van der Waals surface area contributed by atoms with Crippen LogP contribution in [0, 0.1) is 0 Å². The maximum absolute atomic E-state index is 12.2. The quantitative estimate of drug-likeness (QED) is 0.625. The fourth-order valence-electron chi connectivity index (χ4n) is 3.89. The van der Waals surface area contributed by atoms with Gasteiger partial charge in [-0.25, -0.2) is 4.57 Å². The maximum Gasteiger partial charge on any atom is 0.220 e. The molecule has 4 nitrogen and oxygen atoms in total. The molecule has 1 aromatic rings. The highest BCUT2D eigenvalue weighted by Crippen LogP contribution is 2.28. The number of pyridine rings is 1. The Kier molecular flexibility index (Phi) is 5.79. The lowest BCUT2D eigenvalue weighted by Crippen LogP contribution is -2.62. The largest absolute Gasteiger partial charge is 0.353 e. The van der Waals surface area contributed by atoms with Gasteiger partial charge in [0.15, 0.2) is 12.4 Å². The summed E-state index contributed by atoms with van der Waals surface area (Å²) >= 11 is 0. The third-order valence-corrected chi connectivity index (χ3v) is 4.40. The van der Waals surface area contributed by atoms with E-state index in [0.29, 0.717) is 6.42 Å². The first-order chi connectivity index (χ1) is 10.8. The fourth-order valence-corrected chi connectivity index (χ4v) is 3.89. The number of aryl methyl sites for hydroxylation is 1. The van der Waals surface area contributed by atoms with E-state index in [0.717, 1.165) is 32.2 Å². The molecule has 1 aromatic heterocycles. The molecule has 0 aromatic carbocycles. The minimum Gasteiger partial charge on any atom is -0.353 e. The van der Waals surface area contributed by atoms with Gasteiger partial charge in [0.2, 0.25) is 5.91 Å². The number of amides is 1. The number of carbonyl (C=O) groups is 1. The molecule has 1 aliphatic rings. The molecule has 0 atom stereocenters. The van der Waals surface area contributed by atoms with Gasteiger partial charge in [0.1, 0.15) is 6.54 Å². The Morgan fingerprint density at radius 2 is 1.70 bits per heavy atom. The molecule has 2 heterocycles. The van der Waals surface area contributed by atoms with Crippen molar-refractivity contribution < 1.29 is 9.36 Å². The molecule has 0 unspecified atom stereocenters. The Hall–Kier alpha value is -1.42. The third-order valence-electron chi connectivity index (χ3n) is 4.40. The van der Waals surface area contributed by atoms with Gasteiger partial charge in [0.25, 0.3) is 0 Å². The second kappa shape index (κ2) is 7.43. The van der Waals surface area contributed by atoms with Crippen molar-refractivity contribution in [1.82, 2.24) is 10.6 Å². The van der Waals surface area contributed by atoms with Crippen LogP contribution in [-0.2, 0) is 11.3 Å². The van der Waals surface area contributed by atoms with Crippen LogP contribution in [0.3, 0.4) is 0 Å². The minimum atomic E-state index is 0.0731. The molecule has 0 radical (unpaired) electrons. The number of nitrogens with one attached hydrogen (secondary N) is 2. The average Bonchev–Trinajstić information content (AvgIpc) is 2.41. The molecule has 1 amide bonds. The number of hydrogen-bond acceptors (Lipinski definition) is 2. The molecule has 0 saturated carbocycles. The fraction of sp³-hybridized carbons (Fsp3) is 0.684. The number of aromatic nitrogens is 1. The molecule has 23 heavy (non-hydrogen) atoms. The molecule has 0 spiro atoms. The van der Waals surface area contributed by atoms with Crippen LogP contribution >= 0.6 is 0 Å². The molecule has 1 aliphatic heterocycles. The lowest BCUT2D eigenvalue weighted by molar-refractivity contribution is -0.697. The van der Waals surface area contributed by atoms with Crippen molar-refractivity contribution in [2.75, 3.05) is 0 Å². The summed E-state index contributed by atoms with van der Waals surface area (Å²) in [5.41, 5.74) is 0.146. The van der Waals surface area contributed by atoms with Gasteiger partial charge in [-0.05, 0) is 47.0 Å². The zero-order chi connectivity index (χ0) is 16.9. The van der Waals surface area contributed by atoms with Crippen LogP contribution in [-0.4, -0.2) is 23.0 Å². The summed E-state index contributed by atoms with van der Waals surface area (Å²) < 4.78 is 2.16. The van der Waals surface area contributed by atoms with Gasteiger partial charge in [-0.2, -0.15) is 0 Å². The minimum absolute atomic E-state index is 0.0731. The molecular formula is C19H32N3O+. The highest BCUT2D eigenvalue weighted by atomic mass is 16.1. The number of rotatable bonds is 6. The van der Waals surface area contributed by atoms with Crippen LogP contribution in [0.4, 0.5) is 0 Å². The maximum atomic E-state index is 12.2. The first-order valence-electron chi connectivity index (χ1n) is 8.79. The van der Waals surface area contributed by atoms with Crippen molar-refractivity contribution in [2.45, 2.75) is 83.5 Å². The predicted molar refractivity (Wildman–Crippen MR) is 92.9 cm³/mol. The SMILES string of the molecule is CC1(C)CC(NC(=O)CCCC[n+]2ccccc2)CC(C)(C)N1. The monoisotopic (exact) mass is 318 g/mol.